The van der Waals surface area contributed by atoms with Gasteiger partial charge < -0.3 is 15.6 Å². The minimum absolute atomic E-state index is 0. The predicted octanol–water partition coefficient (Wildman–Crippen LogP) is 3.30. The van der Waals surface area contributed by atoms with Gasteiger partial charge in [0.05, 0.1) is 18.8 Å². The lowest BCUT2D eigenvalue weighted by atomic mass is 9.95. The van der Waals surface area contributed by atoms with Gasteiger partial charge in [0.25, 0.3) is 0 Å². The minimum atomic E-state index is -0.519. The van der Waals surface area contributed by atoms with Crippen LogP contribution in [0, 0.1) is 5.92 Å². The van der Waals surface area contributed by atoms with Crippen molar-refractivity contribution in [3.05, 3.63) is 29.8 Å². The number of halogens is 1. The lowest BCUT2D eigenvalue weighted by Gasteiger charge is -2.22. The van der Waals surface area contributed by atoms with Gasteiger partial charge in [0.15, 0.2) is 0 Å². The number of para-hydroxylation sites is 1. The summed E-state index contributed by atoms with van der Waals surface area (Å²) in [5, 5.41) is 10.1. The lowest BCUT2D eigenvalue weighted by Crippen LogP contribution is -2.27. The van der Waals surface area contributed by atoms with Crippen LogP contribution >= 0.6 is 12.4 Å². The van der Waals surface area contributed by atoms with Crippen LogP contribution in [0.25, 0.3) is 0 Å². The number of benzene rings is 1. The topological polar surface area (TPSA) is 55.5 Å². The van der Waals surface area contributed by atoms with E-state index in [1.807, 2.05) is 31.2 Å². The van der Waals surface area contributed by atoms with Gasteiger partial charge in [-0.2, -0.15) is 0 Å². The molecule has 0 saturated carbocycles. The molecule has 19 heavy (non-hydrogen) atoms. The van der Waals surface area contributed by atoms with Crippen LogP contribution in [0.15, 0.2) is 24.3 Å². The molecule has 1 rings (SSSR count). The Kier molecular flexibility index (Phi) is 8.81. The maximum absolute atomic E-state index is 10.1. The third-order valence-corrected chi connectivity index (χ3v) is 3.03. The van der Waals surface area contributed by atoms with Crippen molar-refractivity contribution in [1.82, 2.24) is 0 Å². The minimum Gasteiger partial charge on any atom is -0.494 e. The third-order valence-electron chi connectivity index (χ3n) is 3.03. The van der Waals surface area contributed by atoms with E-state index in [4.69, 9.17) is 10.5 Å². The highest BCUT2D eigenvalue weighted by Crippen LogP contribution is 2.27. The molecule has 0 aromatic heterocycles. The second kappa shape index (κ2) is 9.18. The molecule has 2 atom stereocenters. The summed E-state index contributed by atoms with van der Waals surface area (Å²) in [4.78, 5) is 0. The monoisotopic (exact) mass is 287 g/mol. The first kappa shape index (κ1) is 18.2. The number of rotatable bonds is 7. The molecular formula is C15H26ClNO2. The molecule has 0 fully saturated rings. The van der Waals surface area contributed by atoms with E-state index in [-0.39, 0.29) is 18.4 Å². The summed E-state index contributed by atoms with van der Waals surface area (Å²) >= 11 is 0. The Bertz CT molecular complexity index is 358. The smallest absolute Gasteiger partial charge is 0.124 e. The molecule has 0 amide bonds. The van der Waals surface area contributed by atoms with Gasteiger partial charge in [-0.25, -0.2) is 0 Å². The summed E-state index contributed by atoms with van der Waals surface area (Å²) in [6, 6.07) is 7.28. The second-order valence-electron chi connectivity index (χ2n) is 5.04. The highest BCUT2D eigenvalue weighted by Gasteiger charge is 2.20. The molecular weight excluding hydrogens is 262 g/mol. The molecule has 0 heterocycles. The Morgan fingerprint density at radius 1 is 1.21 bits per heavy atom. The molecule has 0 aliphatic rings. The molecule has 0 unspecified atom stereocenters. The summed E-state index contributed by atoms with van der Waals surface area (Å²) < 4.78 is 5.54. The number of aliphatic hydroxyl groups excluding tert-OH is 1. The Balaban J connectivity index is 0.00000324. The highest BCUT2D eigenvalue weighted by molar-refractivity contribution is 5.85. The first-order valence-corrected chi connectivity index (χ1v) is 6.71. The van der Waals surface area contributed by atoms with Crippen molar-refractivity contribution in [2.75, 3.05) is 6.61 Å². The van der Waals surface area contributed by atoms with E-state index in [0.717, 1.165) is 24.2 Å². The van der Waals surface area contributed by atoms with Crippen LogP contribution in [0.2, 0.25) is 0 Å². The molecule has 110 valence electrons. The first-order valence-electron chi connectivity index (χ1n) is 6.71. The highest BCUT2D eigenvalue weighted by atomic mass is 35.5. The van der Waals surface area contributed by atoms with Crippen molar-refractivity contribution in [2.24, 2.45) is 11.7 Å². The maximum Gasteiger partial charge on any atom is 0.124 e. The van der Waals surface area contributed by atoms with Gasteiger partial charge >= 0.3 is 0 Å². The van der Waals surface area contributed by atoms with Crippen LogP contribution in [-0.2, 0) is 0 Å². The Labute approximate surface area is 122 Å². The zero-order valence-electron chi connectivity index (χ0n) is 12.0. The summed E-state index contributed by atoms with van der Waals surface area (Å²) in [6.45, 7) is 6.84. The Hall–Kier alpha value is -0.770. The summed E-state index contributed by atoms with van der Waals surface area (Å²) in [6.07, 6.45) is 1.18. The second-order valence-corrected chi connectivity index (χ2v) is 5.04. The molecule has 1 aromatic rings. The molecule has 1 aromatic carbocycles. The molecule has 0 bridgehead atoms. The quantitative estimate of drug-likeness (QED) is 0.809. The normalized spacial score (nSPS) is 13.8. The zero-order chi connectivity index (χ0) is 13.5. The van der Waals surface area contributed by atoms with Gasteiger partial charge in [-0.3, -0.25) is 0 Å². The molecule has 0 radical (unpaired) electrons. The SMILES string of the molecule is CCOc1ccccc1[C@@H](N)[C@@H](O)CCC(C)C.Cl. The van der Waals surface area contributed by atoms with E-state index in [0.29, 0.717) is 12.5 Å². The maximum atomic E-state index is 10.1. The van der Waals surface area contributed by atoms with Crippen LogP contribution in [-0.4, -0.2) is 17.8 Å². The van der Waals surface area contributed by atoms with Gasteiger partial charge in [-0.1, -0.05) is 32.0 Å². The zero-order valence-corrected chi connectivity index (χ0v) is 12.8. The Morgan fingerprint density at radius 2 is 1.84 bits per heavy atom. The van der Waals surface area contributed by atoms with Crippen LogP contribution in [0.4, 0.5) is 0 Å². The summed E-state index contributed by atoms with van der Waals surface area (Å²) in [5.74, 6) is 1.35. The van der Waals surface area contributed by atoms with Crippen molar-refractivity contribution in [3.63, 3.8) is 0 Å². The van der Waals surface area contributed by atoms with Crippen molar-refractivity contribution in [3.8, 4) is 5.75 Å². The van der Waals surface area contributed by atoms with E-state index >= 15 is 0 Å². The average molecular weight is 288 g/mol. The van der Waals surface area contributed by atoms with Gasteiger partial charge in [-0.15, -0.1) is 12.4 Å². The van der Waals surface area contributed by atoms with Crippen LogP contribution in [0.5, 0.6) is 5.75 Å². The van der Waals surface area contributed by atoms with E-state index in [1.54, 1.807) is 0 Å². The van der Waals surface area contributed by atoms with Crippen LogP contribution in [0.1, 0.15) is 45.2 Å². The molecule has 0 aliphatic heterocycles. The Morgan fingerprint density at radius 3 is 2.42 bits per heavy atom. The van der Waals surface area contributed by atoms with Crippen molar-refractivity contribution in [1.29, 1.82) is 0 Å². The number of aliphatic hydroxyl groups is 1. The van der Waals surface area contributed by atoms with E-state index in [9.17, 15) is 5.11 Å². The van der Waals surface area contributed by atoms with E-state index in [2.05, 4.69) is 13.8 Å². The number of nitrogens with two attached hydrogens (primary N) is 1. The van der Waals surface area contributed by atoms with Gasteiger partial charge in [0.1, 0.15) is 5.75 Å². The molecule has 0 spiro atoms. The van der Waals surface area contributed by atoms with E-state index < -0.39 is 6.10 Å². The molecule has 3 N–H and O–H groups in total. The fourth-order valence-corrected chi connectivity index (χ4v) is 1.93. The van der Waals surface area contributed by atoms with Gasteiger partial charge in [0, 0.05) is 5.56 Å². The molecule has 3 nitrogen and oxygen atoms in total. The van der Waals surface area contributed by atoms with Crippen molar-refractivity contribution in [2.45, 2.75) is 45.8 Å². The van der Waals surface area contributed by atoms with Gasteiger partial charge in [0.2, 0.25) is 0 Å². The summed E-state index contributed by atoms with van der Waals surface area (Å²) in [7, 11) is 0. The third kappa shape index (κ3) is 5.81. The predicted molar refractivity (Wildman–Crippen MR) is 81.9 cm³/mol. The number of hydrogen-bond donors (Lipinski definition) is 2. The first-order chi connectivity index (χ1) is 8.56. The fourth-order valence-electron chi connectivity index (χ4n) is 1.93. The van der Waals surface area contributed by atoms with Crippen molar-refractivity contribution < 1.29 is 9.84 Å². The fraction of sp³-hybridized carbons (Fsp3) is 0.600. The van der Waals surface area contributed by atoms with Crippen molar-refractivity contribution >= 4 is 12.4 Å². The average Bonchev–Trinajstić information content (AvgIpc) is 2.36. The molecule has 0 saturated heterocycles. The van der Waals surface area contributed by atoms with Gasteiger partial charge in [-0.05, 0) is 31.7 Å². The summed E-state index contributed by atoms with van der Waals surface area (Å²) in [5.41, 5.74) is 7.01. The lowest BCUT2D eigenvalue weighted by molar-refractivity contribution is 0.126. The molecule has 4 heteroatoms. The standard InChI is InChI=1S/C15H25NO2.ClH/c1-4-18-14-8-6-5-7-12(14)15(16)13(17)10-9-11(2)3;/h5-8,11,13,15,17H,4,9-10,16H2,1-3H3;1H/t13-,15+;/m0./s1. The largest absolute Gasteiger partial charge is 0.494 e. The number of hydrogen-bond acceptors (Lipinski definition) is 3. The van der Waals surface area contributed by atoms with E-state index in [1.165, 1.54) is 0 Å². The number of ether oxygens (including phenoxy) is 1. The molecule has 0 aliphatic carbocycles. The van der Waals surface area contributed by atoms with Crippen LogP contribution < -0.4 is 10.5 Å². The van der Waals surface area contributed by atoms with Crippen LogP contribution in [0.3, 0.4) is 0 Å².